The van der Waals surface area contributed by atoms with Gasteiger partial charge in [-0.1, -0.05) is 23.2 Å². The van der Waals surface area contributed by atoms with E-state index >= 15 is 0 Å². The molecule has 2 aromatic heterocycles. The van der Waals surface area contributed by atoms with Gasteiger partial charge in [-0.2, -0.15) is 5.10 Å². The van der Waals surface area contributed by atoms with Crippen LogP contribution in [0, 0.1) is 0 Å². The number of thiazole rings is 1. The highest BCUT2D eigenvalue weighted by atomic mass is 35.5. The third-order valence-corrected chi connectivity index (χ3v) is 4.66. The average molecular weight is 381 g/mol. The lowest BCUT2D eigenvalue weighted by Gasteiger charge is -2.02. The van der Waals surface area contributed by atoms with E-state index in [4.69, 9.17) is 23.2 Å². The molecule has 0 unspecified atom stereocenters. The number of carbonyl (C=O) groups is 1. The minimum atomic E-state index is -0.0815. The van der Waals surface area contributed by atoms with E-state index in [2.05, 4.69) is 15.4 Å². The first-order chi connectivity index (χ1) is 11.5. The molecule has 0 saturated heterocycles. The van der Waals surface area contributed by atoms with Crippen molar-refractivity contribution in [1.82, 2.24) is 14.8 Å². The van der Waals surface area contributed by atoms with Crippen molar-refractivity contribution in [1.29, 1.82) is 0 Å². The lowest BCUT2D eigenvalue weighted by atomic mass is 10.2. The molecule has 1 N–H and O–H groups in total. The Morgan fingerprint density at radius 3 is 2.92 bits per heavy atom. The van der Waals surface area contributed by atoms with E-state index < -0.39 is 0 Å². The summed E-state index contributed by atoms with van der Waals surface area (Å²) in [7, 11) is 1.85. The summed E-state index contributed by atoms with van der Waals surface area (Å²) in [6.07, 6.45) is 4.68. The average Bonchev–Trinajstić information content (AvgIpc) is 3.14. The molecule has 3 aromatic rings. The molecule has 1 aromatic carbocycles. The second-order valence-electron chi connectivity index (χ2n) is 5.23. The van der Waals surface area contributed by atoms with E-state index in [1.165, 1.54) is 11.3 Å². The molecule has 0 bridgehead atoms. The quantitative estimate of drug-likeness (QED) is 0.712. The SMILES string of the molecule is Cn1cc(CCC(=O)Nc2nc(-c3ccc(Cl)cc3Cl)cs2)cn1. The molecule has 5 nitrogen and oxygen atoms in total. The molecule has 3 rings (SSSR count). The van der Waals surface area contributed by atoms with Gasteiger partial charge in [-0.15, -0.1) is 11.3 Å². The Hall–Kier alpha value is -1.89. The van der Waals surface area contributed by atoms with Crippen LogP contribution in [0.4, 0.5) is 5.13 Å². The number of aromatic nitrogens is 3. The Morgan fingerprint density at radius 2 is 2.21 bits per heavy atom. The van der Waals surface area contributed by atoms with Crippen molar-refractivity contribution in [3.63, 3.8) is 0 Å². The maximum Gasteiger partial charge on any atom is 0.226 e. The molecule has 2 heterocycles. The minimum absolute atomic E-state index is 0.0815. The zero-order valence-corrected chi connectivity index (χ0v) is 15.1. The van der Waals surface area contributed by atoms with E-state index in [9.17, 15) is 4.79 Å². The van der Waals surface area contributed by atoms with Crippen LogP contribution in [0.15, 0.2) is 36.0 Å². The monoisotopic (exact) mass is 380 g/mol. The summed E-state index contributed by atoms with van der Waals surface area (Å²) < 4.78 is 1.72. The van der Waals surface area contributed by atoms with Crippen LogP contribution in [0.1, 0.15) is 12.0 Å². The van der Waals surface area contributed by atoms with Gasteiger partial charge in [0.2, 0.25) is 5.91 Å². The molecule has 0 aliphatic heterocycles. The molecule has 124 valence electrons. The van der Waals surface area contributed by atoms with Crippen molar-refractivity contribution < 1.29 is 4.79 Å². The summed E-state index contributed by atoms with van der Waals surface area (Å²) in [6.45, 7) is 0. The highest BCUT2D eigenvalue weighted by Crippen LogP contribution is 2.32. The van der Waals surface area contributed by atoms with E-state index in [0.29, 0.717) is 33.7 Å². The molecular formula is C16H14Cl2N4OS. The van der Waals surface area contributed by atoms with E-state index in [1.54, 1.807) is 23.0 Å². The van der Waals surface area contributed by atoms with Crippen molar-refractivity contribution in [3.8, 4) is 11.3 Å². The Morgan fingerprint density at radius 1 is 1.38 bits per heavy atom. The summed E-state index contributed by atoms with van der Waals surface area (Å²) in [4.78, 5) is 16.4. The summed E-state index contributed by atoms with van der Waals surface area (Å²) >= 11 is 13.4. The van der Waals surface area contributed by atoms with E-state index in [0.717, 1.165) is 11.1 Å². The van der Waals surface area contributed by atoms with Gasteiger partial charge in [0, 0.05) is 35.6 Å². The Labute approximate surface area is 153 Å². The van der Waals surface area contributed by atoms with E-state index in [-0.39, 0.29) is 5.91 Å². The summed E-state index contributed by atoms with van der Waals surface area (Å²) in [5, 5.41) is 10.4. The fourth-order valence-corrected chi connectivity index (χ4v) is 3.42. The van der Waals surface area contributed by atoms with Gasteiger partial charge in [-0.25, -0.2) is 4.98 Å². The van der Waals surface area contributed by atoms with E-state index in [1.807, 2.05) is 24.7 Å². The van der Waals surface area contributed by atoms with Gasteiger partial charge < -0.3 is 5.32 Å². The van der Waals surface area contributed by atoms with Crippen LogP contribution in [0.5, 0.6) is 0 Å². The smallest absolute Gasteiger partial charge is 0.226 e. The Kier molecular flexibility index (Phi) is 5.18. The zero-order valence-electron chi connectivity index (χ0n) is 12.8. The molecule has 0 aliphatic rings. The molecule has 0 radical (unpaired) electrons. The zero-order chi connectivity index (χ0) is 17.1. The molecule has 24 heavy (non-hydrogen) atoms. The number of hydrogen-bond donors (Lipinski definition) is 1. The van der Waals surface area contributed by atoms with Crippen molar-refractivity contribution in [3.05, 3.63) is 51.6 Å². The predicted molar refractivity (Wildman–Crippen MR) is 97.7 cm³/mol. The summed E-state index contributed by atoms with van der Waals surface area (Å²) in [6, 6.07) is 5.24. The topological polar surface area (TPSA) is 59.8 Å². The minimum Gasteiger partial charge on any atom is -0.302 e. The Balaban J connectivity index is 1.62. The molecule has 0 fully saturated rings. The summed E-state index contributed by atoms with van der Waals surface area (Å²) in [5.41, 5.74) is 2.53. The van der Waals surface area contributed by atoms with Crippen molar-refractivity contribution >= 4 is 45.6 Å². The third-order valence-electron chi connectivity index (χ3n) is 3.36. The van der Waals surface area contributed by atoms with Gasteiger partial charge in [0.05, 0.1) is 16.9 Å². The lowest BCUT2D eigenvalue weighted by Crippen LogP contribution is -2.12. The second-order valence-corrected chi connectivity index (χ2v) is 6.93. The number of anilines is 1. The number of benzene rings is 1. The first-order valence-corrected chi connectivity index (χ1v) is 8.83. The van der Waals surface area contributed by atoms with Crippen LogP contribution >= 0.6 is 34.5 Å². The third kappa shape index (κ3) is 4.14. The number of aryl methyl sites for hydroxylation is 2. The highest BCUT2D eigenvalue weighted by Gasteiger charge is 2.11. The second kappa shape index (κ2) is 7.34. The van der Waals surface area contributed by atoms with Crippen LogP contribution in [0.2, 0.25) is 10.0 Å². The maximum atomic E-state index is 12.0. The number of halogens is 2. The normalized spacial score (nSPS) is 10.8. The molecule has 0 saturated carbocycles. The van der Waals surface area contributed by atoms with Gasteiger partial charge in [0.1, 0.15) is 0 Å². The predicted octanol–water partition coefficient (Wildman–Crippen LogP) is 4.42. The molecule has 0 aliphatic carbocycles. The molecular weight excluding hydrogens is 367 g/mol. The fraction of sp³-hybridized carbons (Fsp3) is 0.188. The molecule has 8 heteroatoms. The van der Waals surface area contributed by atoms with Gasteiger partial charge in [0.15, 0.2) is 5.13 Å². The molecule has 1 amide bonds. The van der Waals surface area contributed by atoms with Crippen LogP contribution in [0.25, 0.3) is 11.3 Å². The number of nitrogens with zero attached hydrogens (tertiary/aromatic N) is 3. The van der Waals surface area contributed by atoms with Crippen molar-refractivity contribution in [2.24, 2.45) is 7.05 Å². The van der Waals surface area contributed by atoms with Gasteiger partial charge in [0.25, 0.3) is 0 Å². The first-order valence-electron chi connectivity index (χ1n) is 7.19. The van der Waals surface area contributed by atoms with Gasteiger partial charge in [-0.05, 0) is 30.2 Å². The van der Waals surface area contributed by atoms with Crippen LogP contribution in [-0.2, 0) is 18.3 Å². The Bertz CT molecular complexity index is 875. The first kappa shape index (κ1) is 17.0. The van der Waals surface area contributed by atoms with Crippen molar-refractivity contribution in [2.45, 2.75) is 12.8 Å². The highest BCUT2D eigenvalue weighted by molar-refractivity contribution is 7.14. The number of rotatable bonds is 5. The number of amides is 1. The van der Waals surface area contributed by atoms with Gasteiger partial charge in [-0.3, -0.25) is 9.48 Å². The van der Waals surface area contributed by atoms with Crippen LogP contribution in [0.3, 0.4) is 0 Å². The largest absolute Gasteiger partial charge is 0.302 e. The van der Waals surface area contributed by atoms with Crippen LogP contribution in [-0.4, -0.2) is 20.7 Å². The van der Waals surface area contributed by atoms with Crippen LogP contribution < -0.4 is 5.32 Å². The number of nitrogens with one attached hydrogen (secondary N) is 1. The number of hydrogen-bond acceptors (Lipinski definition) is 4. The van der Waals surface area contributed by atoms with Gasteiger partial charge >= 0.3 is 0 Å². The standard InChI is InChI=1S/C16H14Cl2N4OS/c1-22-8-10(7-19-22)2-5-15(23)21-16-20-14(9-24-16)12-4-3-11(17)6-13(12)18/h3-4,6-9H,2,5H2,1H3,(H,20,21,23). The molecule has 0 atom stereocenters. The number of carbonyl (C=O) groups excluding carboxylic acids is 1. The summed E-state index contributed by atoms with van der Waals surface area (Å²) in [5.74, 6) is -0.0815. The molecule has 0 spiro atoms. The lowest BCUT2D eigenvalue weighted by molar-refractivity contribution is -0.116. The maximum absolute atomic E-state index is 12.0. The van der Waals surface area contributed by atoms with Crippen molar-refractivity contribution in [2.75, 3.05) is 5.32 Å². The fourth-order valence-electron chi connectivity index (χ4n) is 2.19.